The average Bonchev–Trinajstić information content (AvgIpc) is 2.70. The number of halogens is 1. The highest BCUT2D eigenvalue weighted by Crippen LogP contribution is 2.30. The Bertz CT molecular complexity index is 419. The molecule has 1 fully saturated rings. The van der Waals surface area contributed by atoms with Crippen LogP contribution in [0.1, 0.15) is 23.6 Å². The van der Waals surface area contributed by atoms with Gasteiger partial charge < -0.3 is 10.4 Å². The highest BCUT2D eigenvalue weighted by atomic mass is 35.5. The lowest BCUT2D eigenvalue weighted by atomic mass is 9.97. The predicted octanol–water partition coefficient (Wildman–Crippen LogP) is 2.38. The van der Waals surface area contributed by atoms with Crippen LogP contribution in [0.4, 0.5) is 0 Å². The van der Waals surface area contributed by atoms with E-state index in [2.05, 4.69) is 5.32 Å². The lowest BCUT2D eigenvalue weighted by Crippen LogP contribution is -2.17. The Balaban J connectivity index is 2.20. The lowest BCUT2D eigenvalue weighted by molar-refractivity contribution is -0.141. The molecule has 0 aromatic heterocycles. The van der Waals surface area contributed by atoms with Gasteiger partial charge in [-0.2, -0.15) is 0 Å². The van der Waals surface area contributed by atoms with Crippen molar-refractivity contribution in [3.63, 3.8) is 0 Å². The number of carboxylic acids is 1. The normalized spacial score (nSPS) is 24.6. The number of hydrogen-bond acceptors (Lipinski definition) is 2. The van der Waals surface area contributed by atoms with Crippen LogP contribution in [0.15, 0.2) is 18.2 Å². The molecular formula is C12H14ClNO2. The monoisotopic (exact) mass is 239 g/mol. The van der Waals surface area contributed by atoms with Crippen molar-refractivity contribution in [2.75, 3.05) is 6.54 Å². The van der Waals surface area contributed by atoms with Crippen molar-refractivity contribution in [1.29, 1.82) is 0 Å². The van der Waals surface area contributed by atoms with E-state index in [9.17, 15) is 4.79 Å². The molecule has 1 aliphatic heterocycles. The predicted molar refractivity (Wildman–Crippen MR) is 62.7 cm³/mol. The van der Waals surface area contributed by atoms with E-state index in [1.54, 1.807) is 0 Å². The Kier molecular flexibility index (Phi) is 3.17. The van der Waals surface area contributed by atoms with Crippen LogP contribution in [0.3, 0.4) is 0 Å². The first kappa shape index (κ1) is 11.4. The largest absolute Gasteiger partial charge is 0.481 e. The average molecular weight is 240 g/mol. The Morgan fingerprint density at radius 3 is 2.94 bits per heavy atom. The number of benzene rings is 1. The van der Waals surface area contributed by atoms with E-state index in [4.69, 9.17) is 16.7 Å². The second-order valence-corrected chi connectivity index (χ2v) is 4.67. The first-order chi connectivity index (χ1) is 7.58. The number of carbonyl (C=O) groups is 1. The summed E-state index contributed by atoms with van der Waals surface area (Å²) in [5, 5.41) is 12.9. The molecule has 0 aliphatic carbocycles. The highest BCUT2D eigenvalue weighted by Gasteiger charge is 2.30. The molecule has 2 N–H and O–H groups in total. The van der Waals surface area contributed by atoms with Gasteiger partial charge in [0, 0.05) is 17.6 Å². The summed E-state index contributed by atoms with van der Waals surface area (Å²) in [5.41, 5.74) is 2.25. The zero-order chi connectivity index (χ0) is 11.7. The topological polar surface area (TPSA) is 49.3 Å². The quantitative estimate of drug-likeness (QED) is 0.833. The summed E-state index contributed by atoms with van der Waals surface area (Å²) in [6.45, 7) is 2.55. The lowest BCUT2D eigenvalue weighted by Gasteiger charge is -2.14. The maximum atomic E-state index is 10.9. The van der Waals surface area contributed by atoms with Crippen LogP contribution in [0.2, 0.25) is 5.02 Å². The van der Waals surface area contributed by atoms with Gasteiger partial charge in [0.05, 0.1) is 5.92 Å². The van der Waals surface area contributed by atoms with Gasteiger partial charge in [0.2, 0.25) is 0 Å². The molecule has 1 heterocycles. The molecule has 0 amide bonds. The van der Waals surface area contributed by atoms with Crippen molar-refractivity contribution in [1.82, 2.24) is 5.32 Å². The molecule has 0 saturated carbocycles. The van der Waals surface area contributed by atoms with Gasteiger partial charge in [0.15, 0.2) is 0 Å². The van der Waals surface area contributed by atoms with Crippen LogP contribution in [-0.4, -0.2) is 17.6 Å². The fourth-order valence-corrected chi connectivity index (χ4v) is 2.33. The third kappa shape index (κ3) is 2.20. The Labute approximate surface area is 99.4 Å². The molecule has 4 heteroatoms. The first-order valence-electron chi connectivity index (χ1n) is 5.30. The minimum absolute atomic E-state index is 0.111. The number of aryl methyl sites for hydroxylation is 1. The minimum Gasteiger partial charge on any atom is -0.481 e. The SMILES string of the molecule is Cc1ccc(Cl)cc1C1CC(C(=O)O)CN1. The molecule has 16 heavy (non-hydrogen) atoms. The third-order valence-electron chi connectivity index (χ3n) is 3.10. The smallest absolute Gasteiger partial charge is 0.307 e. The number of nitrogens with one attached hydrogen (secondary N) is 1. The van der Waals surface area contributed by atoms with Crippen LogP contribution in [-0.2, 0) is 4.79 Å². The summed E-state index contributed by atoms with van der Waals surface area (Å²) < 4.78 is 0. The Morgan fingerprint density at radius 1 is 1.56 bits per heavy atom. The second-order valence-electron chi connectivity index (χ2n) is 4.23. The van der Waals surface area contributed by atoms with Gasteiger partial charge in [-0.1, -0.05) is 17.7 Å². The van der Waals surface area contributed by atoms with E-state index in [0.29, 0.717) is 18.0 Å². The zero-order valence-electron chi connectivity index (χ0n) is 9.03. The van der Waals surface area contributed by atoms with Gasteiger partial charge in [0.1, 0.15) is 0 Å². The minimum atomic E-state index is -0.727. The molecule has 0 bridgehead atoms. The van der Waals surface area contributed by atoms with Gasteiger partial charge in [-0.15, -0.1) is 0 Å². The summed E-state index contributed by atoms with van der Waals surface area (Å²) in [5.74, 6) is -1.02. The van der Waals surface area contributed by atoms with E-state index in [1.807, 2.05) is 25.1 Å². The summed E-state index contributed by atoms with van der Waals surface area (Å²) in [4.78, 5) is 10.9. The summed E-state index contributed by atoms with van der Waals surface area (Å²) in [7, 11) is 0. The van der Waals surface area contributed by atoms with E-state index < -0.39 is 5.97 Å². The summed E-state index contributed by atoms with van der Waals surface area (Å²) in [6.07, 6.45) is 0.635. The number of rotatable bonds is 2. The van der Waals surface area contributed by atoms with Gasteiger partial charge in [-0.25, -0.2) is 0 Å². The third-order valence-corrected chi connectivity index (χ3v) is 3.33. The van der Waals surface area contributed by atoms with Gasteiger partial charge in [-0.3, -0.25) is 4.79 Å². The van der Waals surface area contributed by atoms with Crippen molar-refractivity contribution in [3.8, 4) is 0 Å². The molecule has 2 rings (SSSR count). The van der Waals surface area contributed by atoms with E-state index >= 15 is 0 Å². The molecule has 3 nitrogen and oxygen atoms in total. The Morgan fingerprint density at radius 2 is 2.31 bits per heavy atom. The van der Waals surface area contributed by atoms with Crippen molar-refractivity contribution < 1.29 is 9.90 Å². The van der Waals surface area contributed by atoms with E-state index in [0.717, 1.165) is 11.1 Å². The molecule has 86 valence electrons. The summed E-state index contributed by atoms with van der Waals surface area (Å²) in [6, 6.07) is 5.84. The van der Waals surface area contributed by atoms with Crippen LogP contribution in [0.5, 0.6) is 0 Å². The molecule has 1 aromatic rings. The van der Waals surface area contributed by atoms with Gasteiger partial charge >= 0.3 is 5.97 Å². The number of carboxylic acid groups (broad SMARTS) is 1. The molecule has 1 aromatic carbocycles. The van der Waals surface area contributed by atoms with E-state index in [-0.39, 0.29) is 12.0 Å². The van der Waals surface area contributed by atoms with Crippen LogP contribution in [0.25, 0.3) is 0 Å². The fourth-order valence-electron chi connectivity index (χ4n) is 2.15. The zero-order valence-corrected chi connectivity index (χ0v) is 9.79. The molecule has 1 saturated heterocycles. The molecule has 0 spiro atoms. The highest BCUT2D eigenvalue weighted by molar-refractivity contribution is 6.30. The summed E-state index contributed by atoms with van der Waals surface area (Å²) >= 11 is 5.95. The van der Waals surface area contributed by atoms with Gasteiger partial charge in [-0.05, 0) is 36.6 Å². The standard InChI is InChI=1S/C12H14ClNO2/c1-7-2-3-9(13)5-10(7)11-4-8(6-14-11)12(15)16/h2-3,5,8,11,14H,4,6H2,1H3,(H,15,16). The molecular weight excluding hydrogens is 226 g/mol. The molecule has 2 atom stereocenters. The number of aliphatic carboxylic acids is 1. The fraction of sp³-hybridized carbons (Fsp3) is 0.417. The maximum absolute atomic E-state index is 10.9. The van der Waals surface area contributed by atoms with Crippen molar-refractivity contribution >= 4 is 17.6 Å². The maximum Gasteiger partial charge on any atom is 0.307 e. The Hall–Kier alpha value is -1.06. The van der Waals surface area contributed by atoms with Gasteiger partial charge in [0.25, 0.3) is 0 Å². The van der Waals surface area contributed by atoms with Crippen molar-refractivity contribution in [3.05, 3.63) is 34.3 Å². The first-order valence-corrected chi connectivity index (χ1v) is 5.68. The van der Waals surface area contributed by atoms with Crippen LogP contribution in [0, 0.1) is 12.8 Å². The second kappa shape index (κ2) is 4.44. The van der Waals surface area contributed by atoms with Crippen LogP contribution >= 0.6 is 11.6 Å². The van der Waals surface area contributed by atoms with Crippen LogP contribution < -0.4 is 5.32 Å². The molecule has 1 aliphatic rings. The van der Waals surface area contributed by atoms with E-state index in [1.165, 1.54) is 0 Å². The van der Waals surface area contributed by atoms with Crippen molar-refractivity contribution in [2.24, 2.45) is 5.92 Å². The molecule has 2 unspecified atom stereocenters. The van der Waals surface area contributed by atoms with Crippen molar-refractivity contribution in [2.45, 2.75) is 19.4 Å². The molecule has 0 radical (unpaired) electrons. The number of hydrogen-bond donors (Lipinski definition) is 2.